The number of hydrogen-bond acceptors (Lipinski definition) is 7. The summed E-state index contributed by atoms with van der Waals surface area (Å²) in [5.41, 5.74) is 4.69. The molecule has 0 aromatic rings. The molecule has 17 heavy (non-hydrogen) atoms. The van der Waals surface area contributed by atoms with Crippen LogP contribution in [-0.2, 0) is 40.2 Å². The normalized spacial score (nSPS) is 6.76. The maximum Gasteiger partial charge on any atom is 2.00 e. The van der Waals surface area contributed by atoms with Gasteiger partial charge in [-0.3, -0.25) is 15.0 Å². The largest absolute Gasteiger partial charge is 2.00 e. The van der Waals surface area contributed by atoms with Crippen LogP contribution in [-0.4, -0.2) is 29.3 Å². The van der Waals surface area contributed by atoms with Crippen LogP contribution < -0.4 is 15.9 Å². The van der Waals surface area contributed by atoms with Crippen LogP contribution in [0.3, 0.4) is 0 Å². The number of carbonyl (C=O) groups excluding carboxylic acids is 4. The summed E-state index contributed by atoms with van der Waals surface area (Å²) >= 11 is 0. The molecule has 9 heteroatoms. The van der Waals surface area contributed by atoms with Gasteiger partial charge in [0.05, 0.1) is 5.84 Å². The molecule has 0 heterocycles. The van der Waals surface area contributed by atoms with Crippen LogP contribution in [0.1, 0.15) is 20.8 Å². The van der Waals surface area contributed by atoms with Crippen LogP contribution in [0.2, 0.25) is 0 Å². The second kappa shape index (κ2) is 14.4. The summed E-state index contributed by atoms with van der Waals surface area (Å²) in [6.45, 7) is 3.41. The van der Waals surface area contributed by atoms with E-state index >= 15 is 0 Å². The number of nitrogens with two attached hydrogens (primary N) is 1. The van der Waals surface area contributed by atoms with Gasteiger partial charge in [-0.25, -0.2) is 0 Å². The van der Waals surface area contributed by atoms with Gasteiger partial charge in [-0.1, -0.05) is 0 Å². The molecule has 0 saturated carbocycles. The summed E-state index contributed by atoms with van der Waals surface area (Å²) in [5.74, 6) is -4.96. The number of aliphatic carboxylic acids is 2. The minimum Gasteiger partial charge on any atom is -0.542 e. The first kappa shape index (κ1) is 24.6. The first-order chi connectivity index (χ1) is 7.02. The molecule has 0 spiro atoms. The predicted molar refractivity (Wildman–Crippen MR) is 49.0 cm³/mol. The Labute approximate surface area is 112 Å². The van der Waals surface area contributed by atoms with E-state index in [1.54, 1.807) is 0 Å². The molecule has 8 nitrogen and oxygen atoms in total. The number of ketones is 2. The van der Waals surface area contributed by atoms with E-state index in [1.807, 2.05) is 0 Å². The number of carbonyl (C=O) groups is 4. The van der Waals surface area contributed by atoms with Crippen LogP contribution in [0.4, 0.5) is 0 Å². The van der Waals surface area contributed by atoms with Gasteiger partial charge in [0, 0.05) is 13.8 Å². The third kappa shape index (κ3) is 53.9. The number of carboxylic acid groups (broad SMARTS) is 2. The van der Waals surface area contributed by atoms with Gasteiger partial charge in [0.2, 0.25) is 0 Å². The van der Waals surface area contributed by atoms with E-state index < -0.39 is 23.5 Å². The van der Waals surface area contributed by atoms with E-state index in [-0.39, 0.29) is 26.9 Å². The molecule has 0 radical (unpaired) electrons. The van der Waals surface area contributed by atoms with Crippen molar-refractivity contribution >= 4 is 29.3 Å². The van der Waals surface area contributed by atoms with Gasteiger partial charge < -0.3 is 25.5 Å². The third-order valence-electron chi connectivity index (χ3n) is 0.575. The maximum absolute atomic E-state index is 9.48. The maximum atomic E-state index is 9.48. The van der Waals surface area contributed by atoms with Gasteiger partial charge in [-0.15, -0.1) is 0 Å². The summed E-state index contributed by atoms with van der Waals surface area (Å²) in [4.78, 5) is 37.4. The Morgan fingerprint density at radius 3 is 0.941 bits per heavy atom. The zero-order valence-electron chi connectivity index (χ0n) is 9.34. The summed E-state index contributed by atoms with van der Waals surface area (Å²) in [5, 5.41) is 24.8. The van der Waals surface area contributed by atoms with Crippen molar-refractivity contribution in [3.8, 4) is 0 Å². The SMILES string of the molecule is CC(=N)N.CC(=O)C(=O)[O-].CC(=O)C(=O)[O-].[Pt+2]. The van der Waals surface area contributed by atoms with Gasteiger partial charge in [0.25, 0.3) is 0 Å². The number of nitrogens with one attached hydrogen (secondary N) is 1. The molecule has 0 aliphatic heterocycles. The Kier molecular flexibility index (Phi) is 20.9. The van der Waals surface area contributed by atoms with E-state index in [1.165, 1.54) is 6.92 Å². The van der Waals surface area contributed by atoms with Crippen molar-refractivity contribution in [2.45, 2.75) is 20.8 Å². The van der Waals surface area contributed by atoms with Gasteiger partial charge in [0.15, 0.2) is 11.6 Å². The van der Waals surface area contributed by atoms with Crippen molar-refractivity contribution in [3.05, 3.63) is 0 Å². The standard InChI is InChI=1S/2C3H4O3.C2H6N2.Pt/c2*1-2(4)3(5)6;1-2(3)4;/h2*1H3,(H,5,6);1H3,(H3,3,4);/q;;;+2/p-2. The topological polar surface area (TPSA) is 164 Å². The quantitative estimate of drug-likeness (QED) is 0.263. The van der Waals surface area contributed by atoms with E-state index in [2.05, 4.69) is 0 Å². The smallest absolute Gasteiger partial charge is 0.542 e. The molecule has 0 saturated heterocycles. The first-order valence-electron chi connectivity index (χ1n) is 3.76. The fraction of sp³-hybridized carbons (Fsp3) is 0.375. The first-order valence-corrected chi connectivity index (χ1v) is 3.76. The van der Waals surface area contributed by atoms with E-state index in [0.717, 1.165) is 13.8 Å². The van der Waals surface area contributed by atoms with Crippen molar-refractivity contribution in [2.75, 3.05) is 0 Å². The molecule has 0 amide bonds. The molecular formula is C8H12N2O6Pt. The molecule has 3 N–H and O–H groups in total. The molecule has 0 bridgehead atoms. The summed E-state index contributed by atoms with van der Waals surface area (Å²) in [6, 6.07) is 0. The number of hydrogen-bond donors (Lipinski definition) is 2. The molecule has 0 fully saturated rings. The molecule has 0 unspecified atom stereocenters. The monoisotopic (exact) mass is 427 g/mol. The zero-order valence-corrected chi connectivity index (χ0v) is 11.6. The third-order valence-corrected chi connectivity index (χ3v) is 0.575. The summed E-state index contributed by atoms with van der Waals surface area (Å²) in [7, 11) is 0. The second-order valence-electron chi connectivity index (χ2n) is 2.37. The zero-order chi connectivity index (χ0) is 13.9. The molecular weight excluding hydrogens is 415 g/mol. The van der Waals surface area contributed by atoms with Crippen molar-refractivity contribution in [1.82, 2.24) is 0 Å². The van der Waals surface area contributed by atoms with Crippen molar-refractivity contribution in [1.29, 1.82) is 5.41 Å². The van der Waals surface area contributed by atoms with Gasteiger partial charge >= 0.3 is 21.1 Å². The Hall–Kier alpha value is -1.56. The van der Waals surface area contributed by atoms with Crippen molar-refractivity contribution in [3.63, 3.8) is 0 Å². The van der Waals surface area contributed by atoms with Crippen LogP contribution >= 0.6 is 0 Å². The molecule has 0 atom stereocenters. The number of amidine groups is 1. The van der Waals surface area contributed by atoms with Crippen molar-refractivity contribution in [2.24, 2.45) is 5.73 Å². The average Bonchev–Trinajstić information content (AvgIpc) is 2.03. The number of Topliss-reactive ketones (excluding diaryl/α,β-unsaturated/α-hetero) is 2. The van der Waals surface area contributed by atoms with Gasteiger partial charge in [-0.2, -0.15) is 0 Å². The van der Waals surface area contributed by atoms with Crippen LogP contribution in [0.15, 0.2) is 0 Å². The molecule has 0 aromatic carbocycles. The Bertz CT molecular complexity index is 250. The minimum atomic E-state index is -1.63. The van der Waals surface area contributed by atoms with Crippen molar-refractivity contribution < 1.29 is 50.5 Å². The van der Waals surface area contributed by atoms with Crippen LogP contribution in [0, 0.1) is 5.41 Å². The van der Waals surface area contributed by atoms with E-state index in [0.29, 0.717) is 0 Å². The summed E-state index contributed by atoms with van der Waals surface area (Å²) < 4.78 is 0. The van der Waals surface area contributed by atoms with E-state index in [4.69, 9.17) is 11.1 Å². The summed E-state index contributed by atoms with van der Waals surface area (Å²) in [6.07, 6.45) is 0. The second-order valence-corrected chi connectivity index (χ2v) is 2.37. The Morgan fingerprint density at radius 1 is 0.882 bits per heavy atom. The van der Waals surface area contributed by atoms with Gasteiger partial charge in [-0.05, 0) is 6.92 Å². The molecule has 0 aromatic heterocycles. The fourth-order valence-electron chi connectivity index (χ4n) is 0. The van der Waals surface area contributed by atoms with E-state index in [9.17, 15) is 29.4 Å². The van der Waals surface area contributed by atoms with Crippen LogP contribution in [0.25, 0.3) is 0 Å². The van der Waals surface area contributed by atoms with Crippen LogP contribution in [0.5, 0.6) is 0 Å². The predicted octanol–water partition coefficient (Wildman–Crippen LogP) is -3.41. The molecule has 100 valence electrons. The molecule has 0 aliphatic carbocycles. The minimum absolute atomic E-state index is 0. The number of carboxylic acids is 2. The fourth-order valence-corrected chi connectivity index (χ4v) is 0. The molecule has 0 rings (SSSR count). The average molecular weight is 427 g/mol. The Morgan fingerprint density at radius 2 is 0.941 bits per heavy atom. The molecule has 0 aliphatic rings. The number of rotatable bonds is 2. The van der Waals surface area contributed by atoms with Gasteiger partial charge in [0.1, 0.15) is 11.9 Å². The Balaban J connectivity index is -0.0000000741.